The standard InChI is InChI=1S/C14H16F2N4O/c1-17-13(10-7-19-20(2)8-10)14(21)18-6-9-3-4-11(15)12(16)5-9/h3-5,7-8,13,17H,6H2,1-2H3,(H,18,21). The van der Waals surface area contributed by atoms with Gasteiger partial charge in [-0.2, -0.15) is 5.10 Å². The molecule has 0 saturated carbocycles. The van der Waals surface area contributed by atoms with E-state index in [-0.39, 0.29) is 12.5 Å². The number of amides is 1. The Kier molecular flexibility index (Phi) is 4.64. The van der Waals surface area contributed by atoms with E-state index in [0.717, 1.165) is 17.7 Å². The monoisotopic (exact) mass is 294 g/mol. The van der Waals surface area contributed by atoms with E-state index in [1.54, 1.807) is 31.2 Å². The Morgan fingerprint density at radius 1 is 1.38 bits per heavy atom. The van der Waals surface area contributed by atoms with Crippen LogP contribution in [0.2, 0.25) is 0 Å². The first kappa shape index (κ1) is 15.1. The summed E-state index contributed by atoms with van der Waals surface area (Å²) in [6.45, 7) is 0.120. The molecule has 2 N–H and O–H groups in total. The maximum absolute atomic E-state index is 13.1. The van der Waals surface area contributed by atoms with Gasteiger partial charge >= 0.3 is 0 Å². The van der Waals surface area contributed by atoms with Gasteiger partial charge in [0.1, 0.15) is 6.04 Å². The van der Waals surface area contributed by atoms with Gasteiger partial charge < -0.3 is 10.6 Å². The topological polar surface area (TPSA) is 59.0 Å². The van der Waals surface area contributed by atoms with Gasteiger partial charge in [-0.05, 0) is 24.7 Å². The summed E-state index contributed by atoms with van der Waals surface area (Å²) in [5.74, 6) is -2.11. The van der Waals surface area contributed by atoms with E-state index in [4.69, 9.17) is 0 Å². The lowest BCUT2D eigenvalue weighted by molar-refractivity contribution is -0.123. The lowest BCUT2D eigenvalue weighted by Gasteiger charge is -2.14. The second-order valence-electron chi connectivity index (χ2n) is 4.64. The van der Waals surface area contributed by atoms with Crippen LogP contribution in [-0.4, -0.2) is 22.7 Å². The summed E-state index contributed by atoms with van der Waals surface area (Å²) in [5.41, 5.74) is 1.21. The van der Waals surface area contributed by atoms with E-state index < -0.39 is 17.7 Å². The lowest BCUT2D eigenvalue weighted by Crippen LogP contribution is -2.35. The molecule has 5 nitrogen and oxygen atoms in total. The number of nitrogens with one attached hydrogen (secondary N) is 2. The molecule has 2 rings (SSSR count). The van der Waals surface area contributed by atoms with Gasteiger partial charge in [0.25, 0.3) is 0 Å². The van der Waals surface area contributed by atoms with Crippen LogP contribution in [0.15, 0.2) is 30.6 Å². The third kappa shape index (κ3) is 3.63. The van der Waals surface area contributed by atoms with Crippen LogP contribution in [0, 0.1) is 11.6 Å². The Balaban J connectivity index is 2.01. The SMILES string of the molecule is CNC(C(=O)NCc1ccc(F)c(F)c1)c1cnn(C)c1. The number of carbonyl (C=O) groups excluding carboxylic acids is 1. The molecule has 0 aliphatic heterocycles. The zero-order chi connectivity index (χ0) is 15.4. The van der Waals surface area contributed by atoms with E-state index >= 15 is 0 Å². The van der Waals surface area contributed by atoms with Gasteiger partial charge in [0.2, 0.25) is 5.91 Å². The average molecular weight is 294 g/mol. The smallest absolute Gasteiger partial charge is 0.242 e. The van der Waals surface area contributed by atoms with Crippen molar-refractivity contribution in [2.75, 3.05) is 7.05 Å². The predicted molar refractivity (Wildman–Crippen MR) is 73.2 cm³/mol. The first-order valence-corrected chi connectivity index (χ1v) is 6.38. The van der Waals surface area contributed by atoms with Crippen LogP contribution in [0.5, 0.6) is 0 Å². The second kappa shape index (κ2) is 6.45. The van der Waals surface area contributed by atoms with Crippen LogP contribution >= 0.6 is 0 Å². The molecule has 1 aromatic heterocycles. The third-order valence-electron chi connectivity index (χ3n) is 3.06. The molecule has 0 saturated heterocycles. The first-order chi connectivity index (χ1) is 10.0. The van der Waals surface area contributed by atoms with Crippen LogP contribution in [0.1, 0.15) is 17.2 Å². The number of likely N-dealkylation sites (N-methyl/N-ethyl adjacent to an activating group) is 1. The minimum atomic E-state index is -0.931. The normalized spacial score (nSPS) is 12.2. The molecule has 0 aliphatic carbocycles. The van der Waals surface area contributed by atoms with E-state index in [9.17, 15) is 13.6 Å². The van der Waals surface area contributed by atoms with E-state index in [0.29, 0.717) is 5.56 Å². The first-order valence-electron chi connectivity index (χ1n) is 6.38. The number of aromatic nitrogens is 2. The molecule has 1 heterocycles. The number of hydrogen-bond donors (Lipinski definition) is 2. The number of nitrogens with zero attached hydrogens (tertiary/aromatic N) is 2. The number of benzene rings is 1. The van der Waals surface area contributed by atoms with E-state index in [1.165, 1.54) is 6.07 Å². The maximum Gasteiger partial charge on any atom is 0.242 e. The van der Waals surface area contributed by atoms with Crippen LogP contribution in [-0.2, 0) is 18.4 Å². The summed E-state index contributed by atoms with van der Waals surface area (Å²) in [4.78, 5) is 12.1. The summed E-state index contributed by atoms with van der Waals surface area (Å²) >= 11 is 0. The second-order valence-corrected chi connectivity index (χ2v) is 4.64. The van der Waals surface area contributed by atoms with Gasteiger partial charge in [0, 0.05) is 25.4 Å². The molecule has 7 heteroatoms. The van der Waals surface area contributed by atoms with Crippen molar-refractivity contribution >= 4 is 5.91 Å². The van der Waals surface area contributed by atoms with Crippen molar-refractivity contribution in [3.05, 3.63) is 53.4 Å². The zero-order valence-corrected chi connectivity index (χ0v) is 11.7. The molecule has 0 spiro atoms. The molecule has 0 radical (unpaired) electrons. The molecule has 1 unspecified atom stereocenters. The number of carbonyl (C=O) groups is 1. The zero-order valence-electron chi connectivity index (χ0n) is 11.7. The van der Waals surface area contributed by atoms with Crippen molar-refractivity contribution in [2.45, 2.75) is 12.6 Å². The molecular weight excluding hydrogens is 278 g/mol. The third-order valence-corrected chi connectivity index (χ3v) is 3.06. The van der Waals surface area contributed by atoms with Gasteiger partial charge in [-0.1, -0.05) is 6.07 Å². The molecule has 1 atom stereocenters. The van der Waals surface area contributed by atoms with Crippen LogP contribution in [0.4, 0.5) is 8.78 Å². The Morgan fingerprint density at radius 2 is 2.14 bits per heavy atom. The fourth-order valence-corrected chi connectivity index (χ4v) is 1.98. The molecule has 0 aliphatic rings. The summed E-state index contributed by atoms with van der Waals surface area (Å²) in [7, 11) is 3.42. The minimum absolute atomic E-state index is 0.120. The van der Waals surface area contributed by atoms with Gasteiger partial charge in [-0.25, -0.2) is 8.78 Å². The van der Waals surface area contributed by atoms with Gasteiger partial charge in [-0.3, -0.25) is 9.48 Å². The molecule has 21 heavy (non-hydrogen) atoms. The van der Waals surface area contributed by atoms with Crippen LogP contribution in [0.3, 0.4) is 0 Å². The van der Waals surface area contributed by atoms with Crippen molar-refractivity contribution < 1.29 is 13.6 Å². The van der Waals surface area contributed by atoms with Crippen molar-refractivity contribution in [1.29, 1.82) is 0 Å². The van der Waals surface area contributed by atoms with E-state index in [1.807, 2.05) is 0 Å². The Morgan fingerprint density at radius 3 is 2.71 bits per heavy atom. The summed E-state index contributed by atoms with van der Waals surface area (Å²) in [5, 5.41) is 9.58. The quantitative estimate of drug-likeness (QED) is 0.873. The fourth-order valence-electron chi connectivity index (χ4n) is 1.98. The number of rotatable bonds is 5. The largest absolute Gasteiger partial charge is 0.350 e. The number of hydrogen-bond acceptors (Lipinski definition) is 3. The lowest BCUT2D eigenvalue weighted by atomic mass is 10.1. The van der Waals surface area contributed by atoms with Crippen molar-refractivity contribution in [3.8, 4) is 0 Å². The van der Waals surface area contributed by atoms with E-state index in [2.05, 4.69) is 15.7 Å². The van der Waals surface area contributed by atoms with Crippen LogP contribution < -0.4 is 10.6 Å². The molecule has 0 bridgehead atoms. The fraction of sp³-hybridized carbons (Fsp3) is 0.286. The Hall–Kier alpha value is -2.28. The van der Waals surface area contributed by atoms with Crippen LogP contribution in [0.25, 0.3) is 0 Å². The summed E-state index contributed by atoms with van der Waals surface area (Å²) in [6, 6.07) is 2.97. The maximum atomic E-state index is 13.1. The molecule has 1 aromatic carbocycles. The highest BCUT2D eigenvalue weighted by molar-refractivity contribution is 5.82. The summed E-state index contributed by atoms with van der Waals surface area (Å²) < 4.78 is 27.5. The number of halogens is 2. The Bertz CT molecular complexity index is 642. The molecule has 1 amide bonds. The van der Waals surface area contributed by atoms with Gasteiger partial charge in [0.15, 0.2) is 11.6 Å². The molecule has 112 valence electrons. The van der Waals surface area contributed by atoms with Crippen molar-refractivity contribution in [3.63, 3.8) is 0 Å². The van der Waals surface area contributed by atoms with Crippen molar-refractivity contribution in [1.82, 2.24) is 20.4 Å². The van der Waals surface area contributed by atoms with Crippen molar-refractivity contribution in [2.24, 2.45) is 7.05 Å². The average Bonchev–Trinajstić information content (AvgIpc) is 2.87. The summed E-state index contributed by atoms with van der Waals surface area (Å²) in [6.07, 6.45) is 3.33. The molecule has 0 fully saturated rings. The highest BCUT2D eigenvalue weighted by atomic mass is 19.2. The molecular formula is C14H16F2N4O. The minimum Gasteiger partial charge on any atom is -0.350 e. The predicted octanol–water partition coefficient (Wildman–Crippen LogP) is 1.28. The highest BCUT2D eigenvalue weighted by Crippen LogP contribution is 2.12. The highest BCUT2D eigenvalue weighted by Gasteiger charge is 2.19. The van der Waals surface area contributed by atoms with Gasteiger partial charge in [0.05, 0.1) is 6.20 Å². The molecule has 2 aromatic rings. The number of aryl methyl sites for hydroxylation is 1. The Labute approximate surface area is 121 Å². The van der Waals surface area contributed by atoms with Gasteiger partial charge in [-0.15, -0.1) is 0 Å².